The van der Waals surface area contributed by atoms with Crippen LogP contribution < -0.4 is 0 Å². The number of carbonyl (C=O) groups excluding carboxylic acids is 2. The molecule has 0 radical (unpaired) electrons. The van der Waals surface area contributed by atoms with E-state index in [1.54, 1.807) is 0 Å². The Morgan fingerprint density at radius 2 is 1.95 bits per heavy atom. The quantitative estimate of drug-likeness (QED) is 0.783. The third kappa shape index (κ3) is 3.01. The molecule has 19 heavy (non-hydrogen) atoms. The third-order valence-corrected chi connectivity index (χ3v) is 4.98. The fourth-order valence-corrected chi connectivity index (χ4v) is 3.77. The molecule has 0 bridgehead atoms. The maximum atomic E-state index is 12.6. The Morgan fingerprint density at radius 1 is 1.21 bits per heavy atom. The third-order valence-electron chi connectivity index (χ3n) is 4.98. The molecule has 0 spiro atoms. The summed E-state index contributed by atoms with van der Waals surface area (Å²) in [6, 6.07) is 0.209. The number of Topliss-reactive ketones (excluding diaryl/α,β-unsaturated/α-hetero) is 1. The van der Waals surface area contributed by atoms with Crippen molar-refractivity contribution in [3.8, 4) is 0 Å². The normalized spacial score (nSPS) is 28.2. The van der Waals surface area contributed by atoms with Crippen LogP contribution in [-0.2, 0) is 9.59 Å². The molecular formula is C16H27NO2. The zero-order valence-electron chi connectivity index (χ0n) is 12.4. The molecule has 0 N–H and O–H groups in total. The fraction of sp³-hybridized carbons (Fsp3) is 0.875. The second kappa shape index (κ2) is 6.53. The van der Waals surface area contributed by atoms with E-state index in [4.69, 9.17) is 0 Å². The van der Waals surface area contributed by atoms with Crippen LogP contribution in [0.5, 0.6) is 0 Å². The van der Waals surface area contributed by atoms with Gasteiger partial charge in [-0.15, -0.1) is 0 Å². The molecule has 1 aliphatic heterocycles. The number of hydrogen-bond donors (Lipinski definition) is 0. The van der Waals surface area contributed by atoms with Gasteiger partial charge in [0.1, 0.15) is 5.78 Å². The lowest BCUT2D eigenvalue weighted by molar-refractivity contribution is -0.139. The SMILES string of the molecule is CCC(CC)C(=O)N1CCCC1C1CCCCC1=O. The molecule has 108 valence electrons. The van der Waals surface area contributed by atoms with E-state index in [0.29, 0.717) is 11.7 Å². The van der Waals surface area contributed by atoms with Gasteiger partial charge in [-0.25, -0.2) is 0 Å². The van der Waals surface area contributed by atoms with Crippen LogP contribution in [0.15, 0.2) is 0 Å². The minimum Gasteiger partial charge on any atom is -0.339 e. The summed E-state index contributed by atoms with van der Waals surface area (Å²) in [5, 5.41) is 0. The summed E-state index contributed by atoms with van der Waals surface area (Å²) in [5.41, 5.74) is 0. The smallest absolute Gasteiger partial charge is 0.225 e. The molecule has 0 aromatic carbocycles. The van der Waals surface area contributed by atoms with Crippen molar-refractivity contribution in [1.82, 2.24) is 4.90 Å². The molecule has 1 aliphatic carbocycles. The van der Waals surface area contributed by atoms with Gasteiger partial charge in [0.25, 0.3) is 0 Å². The lowest BCUT2D eigenvalue weighted by atomic mass is 9.81. The van der Waals surface area contributed by atoms with E-state index < -0.39 is 0 Å². The molecule has 0 aromatic heterocycles. The molecule has 2 fully saturated rings. The molecule has 1 saturated carbocycles. The van der Waals surface area contributed by atoms with Crippen LogP contribution in [0.2, 0.25) is 0 Å². The zero-order valence-corrected chi connectivity index (χ0v) is 12.4. The van der Waals surface area contributed by atoms with Crippen LogP contribution in [0.1, 0.15) is 65.2 Å². The Kier molecular flexibility index (Phi) is 5.00. The standard InChI is InChI=1S/C16H27NO2/c1-3-12(4-2)16(19)17-11-7-9-14(17)13-8-5-6-10-15(13)18/h12-14H,3-11H2,1-2H3. The summed E-state index contributed by atoms with van der Waals surface area (Å²) in [6.45, 7) is 5.04. The Labute approximate surface area is 116 Å². The van der Waals surface area contributed by atoms with Crippen LogP contribution in [0.3, 0.4) is 0 Å². The molecule has 1 saturated heterocycles. The van der Waals surface area contributed by atoms with Crippen molar-refractivity contribution >= 4 is 11.7 Å². The number of rotatable bonds is 4. The van der Waals surface area contributed by atoms with Crippen molar-refractivity contribution < 1.29 is 9.59 Å². The summed E-state index contributed by atoms with van der Waals surface area (Å²) in [6.07, 6.45) is 7.85. The van der Waals surface area contributed by atoms with Crippen LogP contribution in [0, 0.1) is 11.8 Å². The molecule has 1 amide bonds. The topological polar surface area (TPSA) is 37.4 Å². The van der Waals surface area contributed by atoms with Gasteiger partial charge in [-0.2, -0.15) is 0 Å². The van der Waals surface area contributed by atoms with Gasteiger partial charge in [0.2, 0.25) is 5.91 Å². The first-order chi connectivity index (χ1) is 9.19. The van der Waals surface area contributed by atoms with Crippen LogP contribution in [0.4, 0.5) is 0 Å². The number of carbonyl (C=O) groups is 2. The maximum absolute atomic E-state index is 12.6. The molecule has 1 heterocycles. The minimum absolute atomic E-state index is 0.134. The summed E-state index contributed by atoms with van der Waals surface area (Å²) >= 11 is 0. The van der Waals surface area contributed by atoms with Gasteiger partial charge < -0.3 is 4.90 Å². The lowest BCUT2D eigenvalue weighted by Crippen LogP contribution is -2.45. The highest BCUT2D eigenvalue weighted by Crippen LogP contribution is 2.33. The fourth-order valence-electron chi connectivity index (χ4n) is 3.77. The molecule has 2 aliphatic rings. The van der Waals surface area contributed by atoms with E-state index >= 15 is 0 Å². The van der Waals surface area contributed by atoms with Gasteiger partial charge in [-0.1, -0.05) is 20.3 Å². The summed E-state index contributed by atoms with van der Waals surface area (Å²) in [4.78, 5) is 26.7. The van der Waals surface area contributed by atoms with E-state index in [9.17, 15) is 9.59 Å². The number of hydrogen-bond acceptors (Lipinski definition) is 2. The zero-order chi connectivity index (χ0) is 13.8. The van der Waals surface area contributed by atoms with Gasteiger partial charge >= 0.3 is 0 Å². The Balaban J connectivity index is 2.07. The second-order valence-electron chi connectivity index (χ2n) is 6.07. The van der Waals surface area contributed by atoms with Gasteiger partial charge in [0.15, 0.2) is 0 Å². The van der Waals surface area contributed by atoms with Crippen molar-refractivity contribution in [2.24, 2.45) is 11.8 Å². The lowest BCUT2D eigenvalue weighted by Gasteiger charge is -2.34. The van der Waals surface area contributed by atoms with Crippen LogP contribution >= 0.6 is 0 Å². The van der Waals surface area contributed by atoms with Crippen LogP contribution in [0.25, 0.3) is 0 Å². The number of amides is 1. The van der Waals surface area contributed by atoms with Crippen molar-refractivity contribution in [2.45, 2.75) is 71.3 Å². The van der Waals surface area contributed by atoms with Crippen molar-refractivity contribution in [3.05, 3.63) is 0 Å². The predicted octanol–water partition coefficient (Wildman–Crippen LogP) is 3.17. The number of likely N-dealkylation sites (tertiary alicyclic amines) is 1. The van der Waals surface area contributed by atoms with E-state index in [1.807, 2.05) is 4.90 Å². The first-order valence-electron chi connectivity index (χ1n) is 8.02. The summed E-state index contributed by atoms with van der Waals surface area (Å²) < 4.78 is 0. The molecule has 2 unspecified atom stereocenters. The first-order valence-corrected chi connectivity index (χ1v) is 8.02. The van der Waals surface area contributed by atoms with Gasteiger partial charge in [-0.3, -0.25) is 9.59 Å². The van der Waals surface area contributed by atoms with Gasteiger partial charge in [0.05, 0.1) is 0 Å². The highest BCUT2D eigenvalue weighted by atomic mass is 16.2. The number of nitrogens with zero attached hydrogens (tertiary/aromatic N) is 1. The van der Waals surface area contributed by atoms with E-state index in [0.717, 1.165) is 57.9 Å². The van der Waals surface area contributed by atoms with Crippen molar-refractivity contribution in [1.29, 1.82) is 0 Å². The van der Waals surface area contributed by atoms with E-state index in [2.05, 4.69) is 13.8 Å². The Bertz CT molecular complexity index is 336. The molecule has 0 aromatic rings. The molecule has 2 rings (SSSR count). The Morgan fingerprint density at radius 3 is 2.58 bits per heavy atom. The molecule has 2 atom stereocenters. The monoisotopic (exact) mass is 265 g/mol. The van der Waals surface area contributed by atoms with Crippen LogP contribution in [-0.4, -0.2) is 29.2 Å². The number of ketones is 1. The maximum Gasteiger partial charge on any atom is 0.225 e. The molecule has 3 nitrogen and oxygen atoms in total. The van der Waals surface area contributed by atoms with E-state index in [-0.39, 0.29) is 17.9 Å². The van der Waals surface area contributed by atoms with Gasteiger partial charge in [-0.05, 0) is 38.5 Å². The highest BCUT2D eigenvalue weighted by molar-refractivity contribution is 5.84. The predicted molar refractivity (Wildman–Crippen MR) is 75.8 cm³/mol. The van der Waals surface area contributed by atoms with E-state index in [1.165, 1.54) is 0 Å². The van der Waals surface area contributed by atoms with Crippen molar-refractivity contribution in [2.75, 3.05) is 6.54 Å². The average molecular weight is 265 g/mol. The second-order valence-corrected chi connectivity index (χ2v) is 6.07. The van der Waals surface area contributed by atoms with Gasteiger partial charge in [0, 0.05) is 30.8 Å². The Hall–Kier alpha value is -0.860. The largest absolute Gasteiger partial charge is 0.339 e. The minimum atomic E-state index is 0.134. The highest BCUT2D eigenvalue weighted by Gasteiger charge is 2.39. The van der Waals surface area contributed by atoms with Crippen molar-refractivity contribution in [3.63, 3.8) is 0 Å². The summed E-state index contributed by atoms with van der Waals surface area (Å²) in [7, 11) is 0. The summed E-state index contributed by atoms with van der Waals surface area (Å²) in [5.74, 6) is 0.986. The average Bonchev–Trinajstić information content (AvgIpc) is 2.89. The molecule has 3 heteroatoms. The first kappa shape index (κ1) is 14.5. The molecular weight excluding hydrogens is 238 g/mol.